The molecule has 2 heterocycles. The van der Waals surface area contributed by atoms with E-state index in [0.29, 0.717) is 12.5 Å². The lowest BCUT2D eigenvalue weighted by Crippen LogP contribution is -2.28. The van der Waals surface area contributed by atoms with Gasteiger partial charge in [0.25, 0.3) is 5.91 Å². The van der Waals surface area contributed by atoms with Gasteiger partial charge in [0.15, 0.2) is 0 Å². The maximum atomic E-state index is 12.2. The van der Waals surface area contributed by atoms with Crippen molar-refractivity contribution in [2.24, 2.45) is 5.92 Å². The van der Waals surface area contributed by atoms with Gasteiger partial charge in [-0.3, -0.25) is 14.4 Å². The highest BCUT2D eigenvalue weighted by atomic mass is 16.2. The van der Waals surface area contributed by atoms with Crippen LogP contribution >= 0.6 is 0 Å². The van der Waals surface area contributed by atoms with E-state index >= 15 is 0 Å². The van der Waals surface area contributed by atoms with Crippen molar-refractivity contribution in [3.05, 3.63) is 36.9 Å². The summed E-state index contributed by atoms with van der Waals surface area (Å²) in [4.78, 5) is 13.8. The summed E-state index contributed by atoms with van der Waals surface area (Å²) in [6, 6.07) is 0.230. The average molecular weight is 316 g/mol. The van der Waals surface area contributed by atoms with E-state index < -0.39 is 0 Å². The second kappa shape index (κ2) is 7.21. The predicted molar refractivity (Wildman–Crippen MR) is 88.9 cm³/mol. The Kier molecular flexibility index (Phi) is 5.31. The molecule has 2 aromatic heterocycles. The van der Waals surface area contributed by atoms with E-state index in [1.165, 1.54) is 6.08 Å². The number of rotatable bonds is 7. The molecule has 7 nitrogen and oxygen atoms in total. The lowest BCUT2D eigenvalue weighted by atomic mass is 10.2. The predicted octanol–water partition coefficient (Wildman–Crippen LogP) is 2.43. The number of amides is 1. The lowest BCUT2D eigenvalue weighted by molar-refractivity contribution is -0.114. The number of carbonyl (C=O) groups is 1. The van der Waals surface area contributed by atoms with Crippen molar-refractivity contribution in [1.29, 1.82) is 0 Å². The first-order valence-electron chi connectivity index (χ1n) is 7.77. The highest BCUT2D eigenvalue weighted by Gasteiger charge is 2.18. The van der Waals surface area contributed by atoms with Crippen LogP contribution in [0.1, 0.15) is 39.4 Å². The number of hydrogen-bond acceptors (Lipinski definition) is 4. The van der Waals surface area contributed by atoms with E-state index in [-0.39, 0.29) is 11.9 Å². The van der Waals surface area contributed by atoms with E-state index in [1.54, 1.807) is 15.8 Å². The zero-order valence-electron chi connectivity index (χ0n) is 14.2. The van der Waals surface area contributed by atoms with Gasteiger partial charge in [0.1, 0.15) is 5.69 Å². The van der Waals surface area contributed by atoms with Crippen molar-refractivity contribution in [2.75, 3.05) is 4.90 Å². The van der Waals surface area contributed by atoms with Crippen LogP contribution in [0.4, 0.5) is 5.69 Å². The normalized spacial score (nSPS) is 11.2. The second-order valence-corrected chi connectivity index (χ2v) is 6.23. The third-order valence-electron chi connectivity index (χ3n) is 3.33. The maximum absolute atomic E-state index is 12.2. The molecule has 0 unspecified atom stereocenters. The van der Waals surface area contributed by atoms with Gasteiger partial charge in [-0.1, -0.05) is 25.6 Å². The first-order valence-corrected chi connectivity index (χ1v) is 7.77. The van der Waals surface area contributed by atoms with Gasteiger partial charge < -0.3 is 0 Å². The molecule has 0 aliphatic heterocycles. The zero-order chi connectivity index (χ0) is 17.0. The smallest absolute Gasteiger partial charge is 0.250 e. The Hall–Kier alpha value is -2.44. The monoisotopic (exact) mass is 316 g/mol. The number of anilines is 1. The first kappa shape index (κ1) is 16.9. The van der Waals surface area contributed by atoms with Crippen LogP contribution in [-0.2, 0) is 17.9 Å². The molecule has 0 bridgehead atoms. The van der Waals surface area contributed by atoms with Crippen molar-refractivity contribution in [1.82, 2.24) is 24.8 Å². The largest absolute Gasteiger partial charge is 0.300 e. The van der Waals surface area contributed by atoms with Crippen LogP contribution in [0.25, 0.3) is 0 Å². The average Bonchev–Trinajstić information content (AvgIpc) is 3.12. The Morgan fingerprint density at radius 1 is 1.35 bits per heavy atom. The summed E-state index contributed by atoms with van der Waals surface area (Å²) in [7, 11) is 0. The Labute approximate surface area is 136 Å². The fraction of sp³-hybridized carbons (Fsp3) is 0.500. The topological polar surface area (TPSA) is 68.8 Å². The molecule has 2 aromatic rings. The van der Waals surface area contributed by atoms with E-state index in [1.807, 2.05) is 30.9 Å². The molecule has 0 aliphatic carbocycles. The summed E-state index contributed by atoms with van der Waals surface area (Å²) in [5.74, 6) is 0.297. The van der Waals surface area contributed by atoms with Gasteiger partial charge in [-0.2, -0.15) is 5.10 Å². The summed E-state index contributed by atoms with van der Waals surface area (Å²) in [5.41, 5.74) is 1.46. The van der Waals surface area contributed by atoms with E-state index in [0.717, 1.165) is 17.9 Å². The van der Waals surface area contributed by atoms with Crippen LogP contribution in [0.2, 0.25) is 0 Å². The molecule has 0 fully saturated rings. The van der Waals surface area contributed by atoms with Gasteiger partial charge in [-0.05, 0) is 25.8 Å². The van der Waals surface area contributed by atoms with Crippen molar-refractivity contribution in [3.63, 3.8) is 0 Å². The number of hydrogen-bond donors (Lipinski definition) is 0. The van der Waals surface area contributed by atoms with Crippen LogP contribution in [-0.4, -0.2) is 30.7 Å². The zero-order valence-corrected chi connectivity index (χ0v) is 14.2. The Balaban J connectivity index is 2.21. The minimum absolute atomic E-state index is 0.187. The molecular weight excluding hydrogens is 292 g/mol. The van der Waals surface area contributed by atoms with Crippen molar-refractivity contribution < 1.29 is 4.79 Å². The highest BCUT2D eigenvalue weighted by molar-refractivity contribution is 6.00. The van der Waals surface area contributed by atoms with Crippen molar-refractivity contribution in [2.45, 2.75) is 46.8 Å². The third kappa shape index (κ3) is 4.28. The van der Waals surface area contributed by atoms with Gasteiger partial charge in [-0.25, -0.2) is 4.68 Å². The minimum Gasteiger partial charge on any atom is -0.300 e. The Morgan fingerprint density at radius 3 is 2.65 bits per heavy atom. The molecule has 124 valence electrons. The molecule has 0 saturated heterocycles. The summed E-state index contributed by atoms with van der Waals surface area (Å²) >= 11 is 0. The van der Waals surface area contributed by atoms with E-state index in [9.17, 15) is 4.79 Å². The first-order chi connectivity index (χ1) is 10.9. The van der Waals surface area contributed by atoms with Crippen LogP contribution in [0, 0.1) is 5.92 Å². The molecule has 0 aromatic carbocycles. The van der Waals surface area contributed by atoms with Crippen molar-refractivity contribution >= 4 is 11.6 Å². The molecule has 0 N–H and O–H groups in total. The van der Waals surface area contributed by atoms with Gasteiger partial charge in [0, 0.05) is 18.8 Å². The Bertz CT molecular complexity index is 670. The van der Waals surface area contributed by atoms with Crippen LogP contribution in [0.3, 0.4) is 0 Å². The molecule has 0 atom stereocenters. The quantitative estimate of drug-likeness (QED) is 0.736. The van der Waals surface area contributed by atoms with Crippen LogP contribution in [0.15, 0.2) is 31.2 Å². The number of aromatic nitrogens is 5. The third-order valence-corrected chi connectivity index (χ3v) is 3.33. The van der Waals surface area contributed by atoms with Crippen molar-refractivity contribution in [3.8, 4) is 0 Å². The van der Waals surface area contributed by atoms with Gasteiger partial charge >= 0.3 is 0 Å². The summed E-state index contributed by atoms with van der Waals surface area (Å²) in [6.45, 7) is 13.0. The van der Waals surface area contributed by atoms with Gasteiger partial charge in [0.05, 0.1) is 24.6 Å². The lowest BCUT2D eigenvalue weighted by Gasteiger charge is -2.17. The minimum atomic E-state index is -0.187. The molecule has 0 saturated carbocycles. The SMILES string of the molecule is C=CC(=O)N(Cc1cn(C(C)C)nn1)c1cnn(CC(C)C)c1. The summed E-state index contributed by atoms with van der Waals surface area (Å²) in [6.07, 6.45) is 6.71. The second-order valence-electron chi connectivity index (χ2n) is 6.23. The molecule has 7 heteroatoms. The fourth-order valence-corrected chi connectivity index (χ4v) is 2.17. The molecule has 2 rings (SSSR count). The van der Waals surface area contributed by atoms with Gasteiger partial charge in [0.2, 0.25) is 0 Å². The fourth-order valence-electron chi connectivity index (χ4n) is 2.17. The molecule has 0 spiro atoms. The van der Waals surface area contributed by atoms with Gasteiger partial charge in [-0.15, -0.1) is 5.10 Å². The molecule has 23 heavy (non-hydrogen) atoms. The summed E-state index contributed by atoms with van der Waals surface area (Å²) < 4.78 is 3.61. The van der Waals surface area contributed by atoms with Crippen LogP contribution < -0.4 is 4.90 Å². The number of nitrogens with zero attached hydrogens (tertiary/aromatic N) is 6. The molecule has 0 radical (unpaired) electrons. The number of carbonyl (C=O) groups excluding carboxylic acids is 1. The molecular formula is C16H24N6O. The standard InChI is InChI=1S/C16H24N6O/c1-6-16(23)21(9-14-10-22(13(4)5)19-18-14)15-7-17-20(11-15)8-12(2)3/h6-7,10-13H,1,8-9H2,2-5H3. The Morgan fingerprint density at radius 2 is 2.09 bits per heavy atom. The molecule has 1 amide bonds. The van der Waals surface area contributed by atoms with E-state index in [2.05, 4.69) is 35.8 Å². The maximum Gasteiger partial charge on any atom is 0.250 e. The summed E-state index contributed by atoms with van der Waals surface area (Å²) in [5, 5.41) is 12.5. The highest BCUT2D eigenvalue weighted by Crippen LogP contribution is 2.17. The molecule has 0 aliphatic rings. The van der Waals surface area contributed by atoms with Crippen LogP contribution in [0.5, 0.6) is 0 Å². The van der Waals surface area contributed by atoms with E-state index in [4.69, 9.17) is 0 Å².